The summed E-state index contributed by atoms with van der Waals surface area (Å²) in [6, 6.07) is 10.0. The van der Waals surface area contributed by atoms with Gasteiger partial charge in [-0.1, -0.05) is 30.3 Å². The quantitative estimate of drug-likeness (QED) is 0.580. The number of anilines is 1. The Kier molecular flexibility index (Phi) is 2.95. The Bertz CT molecular complexity index is 466. The van der Waals surface area contributed by atoms with Gasteiger partial charge in [0, 0.05) is 19.8 Å². The van der Waals surface area contributed by atoms with Crippen LogP contribution < -0.4 is 5.01 Å². The van der Waals surface area contributed by atoms with Crippen LogP contribution in [0.2, 0.25) is 0 Å². The summed E-state index contributed by atoms with van der Waals surface area (Å²) >= 11 is 0. The Hall–Kier alpha value is -2.17. The molecule has 82 valence electrons. The van der Waals surface area contributed by atoms with E-state index in [1.807, 2.05) is 34.9 Å². The third-order valence-corrected chi connectivity index (χ3v) is 2.28. The monoisotopic (exact) mass is 216 g/mol. The number of hydrogen-bond donors (Lipinski definition) is 0. The summed E-state index contributed by atoms with van der Waals surface area (Å²) in [5, 5.41) is 3.98. The van der Waals surface area contributed by atoms with Crippen molar-refractivity contribution >= 4 is 5.82 Å². The van der Waals surface area contributed by atoms with E-state index in [1.54, 1.807) is 19.6 Å². The van der Waals surface area contributed by atoms with Crippen molar-refractivity contribution in [2.75, 3.05) is 12.1 Å². The van der Waals surface area contributed by atoms with Crippen LogP contribution in [0.5, 0.6) is 0 Å². The summed E-state index contributed by atoms with van der Waals surface area (Å²) < 4.78 is 1.91. The molecule has 0 fully saturated rings. The molecule has 1 heterocycles. The molecule has 0 atom stereocenters. The summed E-state index contributed by atoms with van der Waals surface area (Å²) in [6.07, 6.45) is 3.47. The molecule has 0 aliphatic rings. The smallest absolute Gasteiger partial charge is 0.169 e. The van der Waals surface area contributed by atoms with Crippen LogP contribution in [-0.4, -0.2) is 16.6 Å². The van der Waals surface area contributed by atoms with E-state index in [0.29, 0.717) is 5.82 Å². The van der Waals surface area contributed by atoms with Crippen molar-refractivity contribution in [3.63, 3.8) is 0 Å². The van der Waals surface area contributed by atoms with E-state index in [1.165, 1.54) is 10.6 Å². The van der Waals surface area contributed by atoms with Crippen molar-refractivity contribution in [2.45, 2.75) is 6.54 Å². The van der Waals surface area contributed by atoms with Crippen molar-refractivity contribution in [2.24, 2.45) is 5.29 Å². The lowest BCUT2D eigenvalue weighted by atomic mass is 10.2. The second-order valence-electron chi connectivity index (χ2n) is 3.50. The standard InChI is InChI=1S/C11H12N4O/c1-14(13-16)11-8-15(9-12-11)7-10-5-3-2-4-6-10/h2-6,8-9H,7H2,1H3. The van der Waals surface area contributed by atoms with Crippen LogP contribution in [0.15, 0.2) is 48.1 Å². The number of nitrogens with zero attached hydrogens (tertiary/aromatic N) is 4. The lowest BCUT2D eigenvalue weighted by Crippen LogP contribution is -2.06. The number of nitroso groups, excluding NO2 is 1. The zero-order chi connectivity index (χ0) is 11.4. The molecular formula is C11H12N4O. The summed E-state index contributed by atoms with van der Waals surface area (Å²) in [5.74, 6) is 0.547. The number of imidazole rings is 1. The fourth-order valence-corrected chi connectivity index (χ4v) is 1.44. The first-order chi connectivity index (χ1) is 7.79. The van der Waals surface area contributed by atoms with Gasteiger partial charge in [-0.15, -0.1) is 4.91 Å². The predicted molar refractivity (Wildman–Crippen MR) is 62.0 cm³/mol. The Morgan fingerprint density at radius 2 is 2.12 bits per heavy atom. The Morgan fingerprint density at radius 1 is 1.38 bits per heavy atom. The highest BCUT2D eigenvalue weighted by Crippen LogP contribution is 2.10. The van der Waals surface area contributed by atoms with Crippen LogP contribution >= 0.6 is 0 Å². The average Bonchev–Trinajstić information content (AvgIpc) is 2.78. The van der Waals surface area contributed by atoms with Crippen LogP contribution in [0.25, 0.3) is 0 Å². The first kappa shape index (κ1) is 10.4. The number of hydrogen-bond acceptors (Lipinski definition) is 3. The van der Waals surface area contributed by atoms with Crippen LogP contribution in [0.1, 0.15) is 5.56 Å². The predicted octanol–water partition coefficient (Wildman–Crippen LogP) is 2.05. The van der Waals surface area contributed by atoms with Crippen molar-refractivity contribution in [3.05, 3.63) is 53.3 Å². The molecular weight excluding hydrogens is 204 g/mol. The molecule has 0 radical (unpaired) electrons. The first-order valence-corrected chi connectivity index (χ1v) is 4.92. The van der Waals surface area contributed by atoms with E-state index < -0.39 is 0 Å². The molecule has 0 N–H and O–H groups in total. The van der Waals surface area contributed by atoms with E-state index in [2.05, 4.69) is 10.3 Å². The van der Waals surface area contributed by atoms with E-state index in [0.717, 1.165) is 6.54 Å². The van der Waals surface area contributed by atoms with Crippen LogP contribution in [0.4, 0.5) is 5.82 Å². The molecule has 5 heteroatoms. The molecule has 0 aliphatic carbocycles. The van der Waals surface area contributed by atoms with Crippen LogP contribution in [-0.2, 0) is 6.54 Å². The SMILES string of the molecule is CN(N=O)c1cn(Cc2ccccc2)cn1. The lowest BCUT2D eigenvalue weighted by molar-refractivity contribution is 0.797. The van der Waals surface area contributed by atoms with Gasteiger partial charge in [0.15, 0.2) is 5.82 Å². The molecule has 16 heavy (non-hydrogen) atoms. The van der Waals surface area contributed by atoms with Gasteiger partial charge < -0.3 is 4.57 Å². The molecule has 0 saturated heterocycles. The third kappa shape index (κ3) is 2.25. The molecule has 5 nitrogen and oxygen atoms in total. The fraction of sp³-hybridized carbons (Fsp3) is 0.182. The highest BCUT2D eigenvalue weighted by molar-refractivity contribution is 5.33. The van der Waals surface area contributed by atoms with Crippen molar-refractivity contribution < 1.29 is 0 Å². The summed E-state index contributed by atoms with van der Waals surface area (Å²) in [4.78, 5) is 14.4. The third-order valence-electron chi connectivity index (χ3n) is 2.28. The molecule has 0 saturated carbocycles. The second kappa shape index (κ2) is 4.57. The minimum atomic E-state index is 0.547. The van der Waals surface area contributed by atoms with Crippen LogP contribution in [0, 0.1) is 4.91 Å². The second-order valence-corrected chi connectivity index (χ2v) is 3.50. The molecule has 0 bridgehead atoms. The molecule has 1 aromatic heterocycles. The maximum absolute atomic E-state index is 10.3. The van der Waals surface area contributed by atoms with Gasteiger partial charge in [0.05, 0.1) is 11.6 Å². The molecule has 0 aliphatic heterocycles. The van der Waals surface area contributed by atoms with Gasteiger partial charge in [-0.05, 0) is 5.56 Å². The topological polar surface area (TPSA) is 50.5 Å². The van der Waals surface area contributed by atoms with Gasteiger partial charge in [-0.2, -0.15) is 0 Å². The van der Waals surface area contributed by atoms with E-state index in [9.17, 15) is 4.91 Å². The number of aromatic nitrogens is 2. The zero-order valence-electron chi connectivity index (χ0n) is 8.95. The molecule has 1 aromatic carbocycles. The normalized spacial score (nSPS) is 10.1. The van der Waals surface area contributed by atoms with E-state index >= 15 is 0 Å². The lowest BCUT2D eigenvalue weighted by Gasteiger charge is -2.03. The summed E-state index contributed by atoms with van der Waals surface area (Å²) in [7, 11) is 1.57. The largest absolute Gasteiger partial charge is 0.331 e. The average molecular weight is 216 g/mol. The number of rotatable bonds is 4. The molecule has 0 amide bonds. The van der Waals surface area contributed by atoms with Gasteiger partial charge in [0.25, 0.3) is 0 Å². The minimum absolute atomic E-state index is 0.547. The number of benzene rings is 1. The van der Waals surface area contributed by atoms with Gasteiger partial charge in [-0.3, -0.25) is 0 Å². The fourth-order valence-electron chi connectivity index (χ4n) is 1.44. The maximum Gasteiger partial charge on any atom is 0.169 e. The minimum Gasteiger partial charge on any atom is -0.331 e. The molecule has 0 spiro atoms. The van der Waals surface area contributed by atoms with Gasteiger partial charge in [0.1, 0.15) is 0 Å². The van der Waals surface area contributed by atoms with Crippen molar-refractivity contribution in [1.82, 2.24) is 9.55 Å². The van der Waals surface area contributed by atoms with E-state index in [4.69, 9.17) is 0 Å². The summed E-state index contributed by atoms with van der Waals surface area (Å²) in [5.41, 5.74) is 1.19. The molecule has 2 rings (SSSR count). The van der Waals surface area contributed by atoms with Gasteiger partial charge in [-0.25, -0.2) is 9.99 Å². The highest BCUT2D eigenvalue weighted by Gasteiger charge is 2.04. The van der Waals surface area contributed by atoms with Crippen LogP contribution in [0.3, 0.4) is 0 Å². The zero-order valence-corrected chi connectivity index (χ0v) is 8.95. The molecule has 0 unspecified atom stereocenters. The Morgan fingerprint density at radius 3 is 2.81 bits per heavy atom. The maximum atomic E-state index is 10.3. The van der Waals surface area contributed by atoms with Crippen molar-refractivity contribution in [1.29, 1.82) is 0 Å². The molecule has 2 aromatic rings. The van der Waals surface area contributed by atoms with Gasteiger partial charge >= 0.3 is 0 Å². The Labute approximate surface area is 93.3 Å². The van der Waals surface area contributed by atoms with Gasteiger partial charge in [0.2, 0.25) is 0 Å². The Balaban J connectivity index is 2.11. The van der Waals surface area contributed by atoms with Crippen molar-refractivity contribution in [3.8, 4) is 0 Å². The first-order valence-electron chi connectivity index (χ1n) is 4.92. The highest BCUT2D eigenvalue weighted by atomic mass is 16.3. The summed E-state index contributed by atoms with van der Waals surface area (Å²) in [6.45, 7) is 0.737. The van der Waals surface area contributed by atoms with E-state index in [-0.39, 0.29) is 0 Å².